The Kier molecular flexibility index (Phi) is 19.9. The number of anilines is 1. The van der Waals surface area contributed by atoms with Crippen LogP contribution < -0.4 is 54.2 Å². The number of carbonyl (C=O) groups is 7. The number of nitrogens with zero attached hydrogens (tertiary/aromatic N) is 3. The zero-order valence-corrected chi connectivity index (χ0v) is 52.7. The largest absolute Gasteiger partial charge is 0.481 e. The minimum atomic E-state index is -4.07. The molecule has 6 aliphatic rings. The molecule has 10 rings (SSSR count). The van der Waals surface area contributed by atoms with Crippen LogP contribution in [0.15, 0.2) is 153 Å². The number of hydrogen-bond donors (Lipinski definition) is 10. The van der Waals surface area contributed by atoms with Crippen LogP contribution in [0.5, 0.6) is 0 Å². The van der Waals surface area contributed by atoms with Crippen molar-refractivity contribution in [2.45, 2.75) is 132 Å². The first kappa shape index (κ1) is 65.4. The minimum Gasteiger partial charge on any atom is -0.481 e. The van der Waals surface area contributed by atoms with Crippen LogP contribution in [0.25, 0.3) is 11.1 Å². The molecule has 0 spiro atoms. The quantitative estimate of drug-likeness (QED) is 0.0243. The highest BCUT2D eigenvalue weighted by atomic mass is 32.2. The van der Waals surface area contributed by atoms with E-state index in [0.29, 0.717) is 29.9 Å². The summed E-state index contributed by atoms with van der Waals surface area (Å²) in [5.41, 5.74) is 25.8. The maximum Gasteiger partial charge on any atom is 0.312 e. The number of fused-ring (bicyclic) bond motifs is 5. The van der Waals surface area contributed by atoms with Gasteiger partial charge in [0.05, 0.1) is 29.3 Å². The number of carbonyl (C=O) groups excluding carboxylic acids is 6. The summed E-state index contributed by atoms with van der Waals surface area (Å²) in [4.78, 5) is 106. The molecular formula is C68H78N12O11S. The topological polar surface area (TPSA) is 361 Å². The number of rotatable bonds is 19. The Morgan fingerprint density at radius 2 is 1.47 bits per heavy atom. The Labute approximate surface area is 534 Å². The van der Waals surface area contributed by atoms with E-state index in [1.807, 2.05) is 19.2 Å². The first-order chi connectivity index (χ1) is 44.0. The van der Waals surface area contributed by atoms with Crippen LogP contribution in [0.4, 0.5) is 11.4 Å². The average Bonchev–Trinajstić information content (AvgIpc) is 1.57. The molecule has 4 aromatic carbocycles. The molecule has 482 valence electrons. The number of likely N-dealkylation sites (N-methyl/N-ethyl adjacent to an activating group) is 1. The number of carboxylic acid groups (broad SMARTS) is 1. The number of aliphatic imine (C=N–C) groups is 2. The van der Waals surface area contributed by atoms with Gasteiger partial charge in [0, 0.05) is 54.8 Å². The average molecular weight is 1270 g/mol. The number of unbranched alkanes of at least 4 members (excludes halogenated alkanes) is 1. The molecule has 13 N–H and O–H groups in total. The number of carboxylic acids is 1. The van der Waals surface area contributed by atoms with Crippen LogP contribution in [0.1, 0.15) is 129 Å². The molecule has 3 heterocycles. The van der Waals surface area contributed by atoms with E-state index < -0.39 is 88.2 Å². The number of hydrogen-bond acceptors (Lipinski definition) is 14. The molecule has 4 aromatic rings. The van der Waals surface area contributed by atoms with Gasteiger partial charge in [0.25, 0.3) is 5.91 Å². The van der Waals surface area contributed by atoms with Crippen molar-refractivity contribution in [1.82, 2.24) is 31.9 Å². The first-order valence-corrected chi connectivity index (χ1v) is 32.4. The fourth-order valence-corrected chi connectivity index (χ4v) is 13.9. The maximum atomic E-state index is 14.3. The highest BCUT2D eigenvalue weighted by Gasteiger charge is 2.41. The van der Waals surface area contributed by atoms with Crippen LogP contribution in [0, 0.1) is 5.92 Å². The van der Waals surface area contributed by atoms with Crippen LogP contribution in [-0.2, 0) is 55.0 Å². The number of guanidine groups is 1. The smallest absolute Gasteiger partial charge is 0.312 e. The number of benzene rings is 4. The van der Waals surface area contributed by atoms with Gasteiger partial charge in [-0.25, -0.2) is 0 Å². The zero-order valence-electron chi connectivity index (χ0n) is 51.8. The molecule has 3 aliphatic heterocycles. The predicted octanol–water partition coefficient (Wildman–Crippen LogP) is 5.41. The van der Waals surface area contributed by atoms with E-state index in [9.17, 15) is 47.1 Å². The first-order valence-electron chi connectivity index (χ1n) is 31.0. The van der Waals surface area contributed by atoms with Gasteiger partial charge in [-0.05, 0) is 168 Å². The van der Waals surface area contributed by atoms with Crippen molar-refractivity contribution in [3.63, 3.8) is 0 Å². The normalized spacial score (nSPS) is 23.1. The molecule has 92 heavy (non-hydrogen) atoms. The van der Waals surface area contributed by atoms with E-state index in [1.54, 1.807) is 48.5 Å². The van der Waals surface area contributed by atoms with E-state index in [1.165, 1.54) is 45.1 Å². The van der Waals surface area contributed by atoms with Gasteiger partial charge in [-0.3, -0.25) is 43.5 Å². The second-order valence-electron chi connectivity index (χ2n) is 24.5. The Hall–Kier alpha value is -9.52. The number of nitrogens with two attached hydrogens (primary N) is 3. The van der Waals surface area contributed by atoms with Crippen molar-refractivity contribution >= 4 is 85.7 Å². The molecule has 6 amide bonds. The number of aliphatic carboxylic acids is 1. The fourth-order valence-electron chi connectivity index (χ4n) is 13.3. The Morgan fingerprint density at radius 1 is 0.793 bits per heavy atom. The summed E-state index contributed by atoms with van der Waals surface area (Å²) in [6.45, 7) is 5.92. The molecule has 23 nitrogen and oxygen atoms in total. The summed E-state index contributed by atoms with van der Waals surface area (Å²) in [5, 5.41) is 25.5. The Bertz CT molecular complexity index is 3980. The summed E-state index contributed by atoms with van der Waals surface area (Å²) in [7, 11) is -2.07. The van der Waals surface area contributed by atoms with Crippen LogP contribution in [-0.4, -0.2) is 117 Å². The summed E-state index contributed by atoms with van der Waals surface area (Å²) in [5.74, 6) is -0.590. The standard InChI is InChI=1S/C68H78N12O11S/c1-38-47-35-44(92(89,90)91-71)26-29-55(47)80(4)54(38)28-24-40-19-21-42-22-20-41(60-46-16-9-8-15-45(46)59(40)61(42)60)25-30-56-68(2,3)48-34-43(23-27-49(48)75-56)62(84)72-31-11-10-17-51-64(86)77-50(18-12-32-73-67(69)70)63(85)74-37-57(81)76-53(36-58(82)83)66(88)79-52(65(87)78-51)33-39-13-6-5-7-14-39/h5-9,13-16,23-30,34-35,38,42,50-53H,10-12,17-22,31-33,36-37,71H2,1-4H3,(H,72,84)(H,74,85)(H,76,81)(H,77,86)(H,78,87)(H,79,88)(H,82,83)(H4,69,70,73)/b30-25+,40-24+,54-28+/t38?,42?,50-,51-,52+,53-/m0/s1. The molecule has 3 aliphatic carbocycles. The van der Waals surface area contributed by atoms with Gasteiger partial charge in [0.2, 0.25) is 29.5 Å². The molecule has 0 bridgehead atoms. The number of amides is 6. The highest BCUT2D eigenvalue weighted by Crippen LogP contribution is 2.57. The lowest BCUT2D eigenvalue weighted by Crippen LogP contribution is -2.58. The predicted molar refractivity (Wildman–Crippen MR) is 349 cm³/mol. The Morgan fingerprint density at radius 3 is 2.20 bits per heavy atom. The highest BCUT2D eigenvalue weighted by molar-refractivity contribution is 7.86. The third-order valence-corrected chi connectivity index (χ3v) is 19.2. The van der Waals surface area contributed by atoms with Crippen molar-refractivity contribution in [3.05, 3.63) is 171 Å². The van der Waals surface area contributed by atoms with Crippen molar-refractivity contribution in [3.8, 4) is 0 Å². The van der Waals surface area contributed by atoms with Crippen LogP contribution >= 0.6 is 0 Å². The second kappa shape index (κ2) is 27.9. The second-order valence-corrected chi connectivity index (χ2v) is 26.1. The lowest BCUT2D eigenvalue weighted by atomic mass is 9.72. The van der Waals surface area contributed by atoms with Crippen molar-refractivity contribution < 1.29 is 51.4 Å². The van der Waals surface area contributed by atoms with Gasteiger partial charge < -0.3 is 53.4 Å². The lowest BCUT2D eigenvalue weighted by Gasteiger charge is -2.32. The zero-order chi connectivity index (χ0) is 65.6. The summed E-state index contributed by atoms with van der Waals surface area (Å²) >= 11 is 0. The third kappa shape index (κ3) is 14.3. The SMILES string of the molecule is CC1/C(=C\C=C2/CCC3CCC(/C=C/C4=Nc5ccc(C(=O)NCCCC[C@@H]6NC(=O)[C@@H](Cc7ccccc7)NC(=O)[C@H](CC(=O)O)NC(=O)CNC(=O)[C@H](CCCN=C(N)N)NC6=O)cc5C4(C)C)=C4C3=C2c2ccccc24)N(C)c2ccc(S(=O)(=O)ON)cc21. The maximum absolute atomic E-state index is 14.3. The van der Waals surface area contributed by atoms with E-state index in [0.717, 1.165) is 59.6 Å². The van der Waals surface area contributed by atoms with Crippen molar-refractivity contribution in [2.24, 2.45) is 33.3 Å². The monoisotopic (exact) mass is 1270 g/mol. The van der Waals surface area contributed by atoms with Gasteiger partial charge >= 0.3 is 16.1 Å². The van der Waals surface area contributed by atoms with Gasteiger partial charge in [0.15, 0.2) is 5.96 Å². The molecule has 1 fully saturated rings. The summed E-state index contributed by atoms with van der Waals surface area (Å²) < 4.78 is 29.3. The van der Waals surface area contributed by atoms with Crippen molar-refractivity contribution in [1.29, 1.82) is 0 Å². The molecule has 0 aromatic heterocycles. The molecule has 2 unspecified atom stereocenters. The van der Waals surface area contributed by atoms with Crippen molar-refractivity contribution in [2.75, 3.05) is 31.6 Å². The van der Waals surface area contributed by atoms with Gasteiger partial charge in [-0.1, -0.05) is 87.5 Å². The van der Waals surface area contributed by atoms with E-state index >= 15 is 0 Å². The van der Waals surface area contributed by atoms with E-state index in [4.69, 9.17) is 22.4 Å². The number of nitrogens with one attached hydrogen (secondary N) is 6. The lowest BCUT2D eigenvalue weighted by molar-refractivity contribution is -0.141. The molecule has 6 atom stereocenters. The summed E-state index contributed by atoms with van der Waals surface area (Å²) in [6, 6.07) is 22.3. The molecule has 0 radical (unpaired) electrons. The fraction of sp³-hybridized carbons (Fsp3) is 0.368. The number of allylic oxidation sites excluding steroid dienone is 10. The van der Waals surface area contributed by atoms with Gasteiger partial charge in [-0.15, -0.1) is 0 Å². The van der Waals surface area contributed by atoms with Gasteiger partial charge in [-0.2, -0.15) is 18.6 Å². The van der Waals surface area contributed by atoms with Crippen LogP contribution in [0.3, 0.4) is 0 Å². The van der Waals surface area contributed by atoms with Gasteiger partial charge in [0.1, 0.15) is 24.2 Å². The Balaban J connectivity index is 0.819. The summed E-state index contributed by atoms with van der Waals surface area (Å²) in [6.07, 6.45) is 12.7. The third-order valence-electron chi connectivity index (χ3n) is 18.1. The van der Waals surface area contributed by atoms with Crippen LogP contribution in [0.2, 0.25) is 0 Å². The minimum absolute atomic E-state index is 0.0134. The molecular weight excluding hydrogens is 1190 g/mol. The molecule has 24 heteroatoms. The molecule has 1 saturated heterocycles. The van der Waals surface area contributed by atoms with E-state index in [2.05, 4.69) is 115 Å². The van der Waals surface area contributed by atoms with E-state index in [-0.39, 0.29) is 61.5 Å². The molecule has 0 saturated carbocycles.